The summed E-state index contributed by atoms with van der Waals surface area (Å²) in [6.07, 6.45) is 3.84. The third-order valence-corrected chi connectivity index (χ3v) is 6.97. The van der Waals surface area contributed by atoms with Gasteiger partial charge in [0.05, 0.1) is 10.5 Å². The van der Waals surface area contributed by atoms with Gasteiger partial charge >= 0.3 is 0 Å². The summed E-state index contributed by atoms with van der Waals surface area (Å²) in [5.74, 6) is 0.535. The monoisotopic (exact) mass is 431 g/mol. The molecule has 0 radical (unpaired) electrons. The number of rotatable bonds is 7. The maximum atomic E-state index is 13.0. The zero-order valence-corrected chi connectivity index (χ0v) is 18.7. The van der Waals surface area contributed by atoms with Gasteiger partial charge in [-0.1, -0.05) is 6.07 Å². The molecule has 1 fully saturated rings. The van der Waals surface area contributed by atoms with Gasteiger partial charge in [0.25, 0.3) is 5.91 Å². The Morgan fingerprint density at radius 1 is 1.10 bits per heavy atom. The SMILES string of the molecule is CN(C)c1ccc(CNC(=O)c2cc(S(=O)(=O)N(C)C)ccc2N2CCCC2)cn1. The fourth-order valence-electron chi connectivity index (χ4n) is 3.37. The first-order valence-electron chi connectivity index (χ1n) is 9.92. The van der Waals surface area contributed by atoms with Gasteiger partial charge < -0.3 is 15.1 Å². The number of sulfonamides is 1. The highest BCUT2D eigenvalue weighted by Gasteiger charge is 2.24. The number of carbonyl (C=O) groups is 1. The van der Waals surface area contributed by atoms with Gasteiger partial charge in [0.2, 0.25) is 10.0 Å². The van der Waals surface area contributed by atoms with E-state index >= 15 is 0 Å². The molecule has 1 aromatic heterocycles. The van der Waals surface area contributed by atoms with Crippen LogP contribution in [0.2, 0.25) is 0 Å². The standard InChI is InChI=1S/C21H29N5O3S/c1-24(2)20-10-7-16(14-22-20)15-23-21(27)18-13-17(30(28,29)25(3)4)8-9-19(18)26-11-5-6-12-26/h7-10,13-14H,5-6,11-12,15H2,1-4H3,(H,23,27). The molecule has 1 saturated heterocycles. The van der Waals surface area contributed by atoms with Crippen molar-refractivity contribution in [1.29, 1.82) is 0 Å². The van der Waals surface area contributed by atoms with E-state index < -0.39 is 10.0 Å². The molecule has 0 unspecified atom stereocenters. The van der Waals surface area contributed by atoms with Crippen molar-refractivity contribution in [1.82, 2.24) is 14.6 Å². The molecule has 8 nitrogen and oxygen atoms in total. The molecule has 2 aromatic rings. The molecule has 2 heterocycles. The number of amides is 1. The Labute approximate surface area is 178 Å². The Balaban J connectivity index is 1.86. The maximum Gasteiger partial charge on any atom is 0.253 e. The van der Waals surface area contributed by atoms with Gasteiger partial charge in [-0.15, -0.1) is 0 Å². The van der Waals surface area contributed by atoms with Crippen LogP contribution >= 0.6 is 0 Å². The van der Waals surface area contributed by atoms with Crippen molar-refractivity contribution < 1.29 is 13.2 Å². The number of hydrogen-bond acceptors (Lipinski definition) is 6. The molecule has 1 aromatic carbocycles. The van der Waals surface area contributed by atoms with Crippen molar-refractivity contribution in [2.24, 2.45) is 0 Å². The van der Waals surface area contributed by atoms with Crippen LogP contribution in [0, 0.1) is 0 Å². The topological polar surface area (TPSA) is 85.8 Å². The zero-order valence-electron chi connectivity index (χ0n) is 17.9. The third-order valence-electron chi connectivity index (χ3n) is 5.16. The molecular formula is C21H29N5O3S. The number of pyridine rings is 1. The predicted molar refractivity (Wildman–Crippen MR) is 118 cm³/mol. The molecule has 30 heavy (non-hydrogen) atoms. The van der Waals surface area contributed by atoms with Gasteiger partial charge in [0, 0.05) is 59.7 Å². The number of nitrogens with zero attached hydrogens (tertiary/aromatic N) is 4. The van der Waals surface area contributed by atoms with E-state index in [1.54, 1.807) is 18.3 Å². The lowest BCUT2D eigenvalue weighted by molar-refractivity contribution is 0.0951. The van der Waals surface area contributed by atoms with E-state index in [4.69, 9.17) is 0 Å². The van der Waals surface area contributed by atoms with Crippen LogP contribution in [-0.4, -0.2) is 64.9 Å². The lowest BCUT2D eigenvalue weighted by Crippen LogP contribution is -2.28. The molecule has 0 saturated carbocycles. The number of carbonyl (C=O) groups excluding carboxylic acids is 1. The van der Waals surface area contributed by atoms with Crippen molar-refractivity contribution >= 4 is 27.4 Å². The molecule has 9 heteroatoms. The number of benzene rings is 1. The van der Waals surface area contributed by atoms with Crippen molar-refractivity contribution in [2.75, 3.05) is 51.1 Å². The Morgan fingerprint density at radius 3 is 2.37 bits per heavy atom. The third kappa shape index (κ3) is 4.73. The van der Waals surface area contributed by atoms with Crippen LogP contribution in [0.5, 0.6) is 0 Å². The second-order valence-corrected chi connectivity index (χ2v) is 9.91. The summed E-state index contributed by atoms with van der Waals surface area (Å²) in [6, 6.07) is 8.60. The first kappa shape index (κ1) is 22.0. The van der Waals surface area contributed by atoms with Gasteiger partial charge in [-0.2, -0.15) is 0 Å². The summed E-state index contributed by atoms with van der Waals surface area (Å²) in [5.41, 5.74) is 2.01. The lowest BCUT2D eigenvalue weighted by atomic mass is 10.1. The van der Waals surface area contributed by atoms with Gasteiger partial charge in [-0.3, -0.25) is 4.79 Å². The van der Waals surface area contributed by atoms with E-state index in [0.717, 1.165) is 47.3 Å². The first-order chi connectivity index (χ1) is 14.2. The Bertz CT molecular complexity index is 998. The van der Waals surface area contributed by atoms with E-state index in [2.05, 4.69) is 15.2 Å². The molecule has 1 amide bonds. The van der Waals surface area contributed by atoms with Crippen LogP contribution in [-0.2, 0) is 16.6 Å². The highest BCUT2D eigenvalue weighted by Crippen LogP contribution is 2.28. The minimum atomic E-state index is -3.63. The summed E-state index contributed by atoms with van der Waals surface area (Å²) in [6.45, 7) is 2.02. The smallest absolute Gasteiger partial charge is 0.253 e. The second-order valence-electron chi connectivity index (χ2n) is 7.76. The molecule has 1 N–H and O–H groups in total. The van der Waals surface area contributed by atoms with E-state index in [-0.39, 0.29) is 10.8 Å². The highest BCUT2D eigenvalue weighted by molar-refractivity contribution is 7.89. The van der Waals surface area contributed by atoms with Crippen LogP contribution in [0.3, 0.4) is 0 Å². The molecular weight excluding hydrogens is 402 g/mol. The second kappa shape index (κ2) is 9.01. The molecule has 0 atom stereocenters. The van der Waals surface area contributed by atoms with Crippen molar-refractivity contribution in [3.05, 3.63) is 47.7 Å². The molecule has 0 aliphatic carbocycles. The largest absolute Gasteiger partial charge is 0.371 e. The Hall–Kier alpha value is -2.65. The fourth-order valence-corrected chi connectivity index (χ4v) is 4.29. The van der Waals surface area contributed by atoms with E-state index in [1.807, 2.05) is 31.1 Å². The average Bonchev–Trinajstić information content (AvgIpc) is 3.26. The normalized spacial score (nSPS) is 14.2. The van der Waals surface area contributed by atoms with Crippen LogP contribution in [0.1, 0.15) is 28.8 Å². The minimum absolute atomic E-state index is 0.109. The van der Waals surface area contributed by atoms with Crippen LogP contribution in [0.15, 0.2) is 41.4 Å². The van der Waals surface area contributed by atoms with Crippen LogP contribution < -0.4 is 15.1 Å². The molecule has 0 spiro atoms. The zero-order chi connectivity index (χ0) is 21.9. The van der Waals surface area contributed by atoms with Gasteiger partial charge in [-0.05, 0) is 42.7 Å². The maximum absolute atomic E-state index is 13.0. The number of nitrogens with one attached hydrogen (secondary N) is 1. The fraction of sp³-hybridized carbons (Fsp3) is 0.429. The summed E-state index contributed by atoms with van der Waals surface area (Å²) in [5, 5.41) is 2.91. The number of anilines is 2. The molecule has 1 aliphatic rings. The minimum Gasteiger partial charge on any atom is -0.371 e. The molecule has 162 valence electrons. The van der Waals surface area contributed by atoms with E-state index in [9.17, 15) is 13.2 Å². The summed E-state index contributed by atoms with van der Waals surface area (Å²) < 4.78 is 26.3. The molecule has 1 aliphatic heterocycles. The lowest BCUT2D eigenvalue weighted by Gasteiger charge is -2.22. The summed E-state index contributed by atoms with van der Waals surface area (Å²) >= 11 is 0. The number of hydrogen-bond donors (Lipinski definition) is 1. The molecule has 3 rings (SSSR count). The quantitative estimate of drug-likeness (QED) is 0.721. The number of aromatic nitrogens is 1. The van der Waals surface area contributed by atoms with Gasteiger partial charge in [0.15, 0.2) is 0 Å². The van der Waals surface area contributed by atoms with E-state index in [0.29, 0.717) is 12.1 Å². The molecule has 0 bridgehead atoms. The predicted octanol–water partition coefficient (Wildman–Crippen LogP) is 1.93. The van der Waals surface area contributed by atoms with Crippen molar-refractivity contribution in [3.63, 3.8) is 0 Å². The van der Waals surface area contributed by atoms with Crippen LogP contribution in [0.4, 0.5) is 11.5 Å². The Kier molecular flexibility index (Phi) is 6.62. The van der Waals surface area contributed by atoms with Crippen LogP contribution in [0.25, 0.3) is 0 Å². The highest BCUT2D eigenvalue weighted by atomic mass is 32.2. The van der Waals surface area contributed by atoms with Crippen molar-refractivity contribution in [2.45, 2.75) is 24.3 Å². The first-order valence-corrected chi connectivity index (χ1v) is 11.4. The average molecular weight is 432 g/mol. The van der Waals surface area contributed by atoms with E-state index in [1.165, 1.54) is 20.2 Å². The van der Waals surface area contributed by atoms with Gasteiger partial charge in [-0.25, -0.2) is 17.7 Å². The van der Waals surface area contributed by atoms with Gasteiger partial charge in [0.1, 0.15) is 5.82 Å². The van der Waals surface area contributed by atoms with Crippen molar-refractivity contribution in [3.8, 4) is 0 Å². The summed E-state index contributed by atoms with van der Waals surface area (Å²) in [4.78, 5) is 21.5. The summed E-state index contributed by atoms with van der Waals surface area (Å²) in [7, 11) is 3.16. The Morgan fingerprint density at radius 2 is 1.80 bits per heavy atom.